The minimum absolute atomic E-state index is 0.360. The molecule has 0 aliphatic heterocycles. The number of carbonyl (C=O) groups excluding carboxylic acids is 1. The van der Waals surface area contributed by atoms with Crippen LogP contribution in [-0.2, 0) is 16.0 Å². The second-order valence-electron chi connectivity index (χ2n) is 3.25. The van der Waals surface area contributed by atoms with E-state index in [1.165, 1.54) is 7.11 Å². The lowest BCUT2D eigenvalue weighted by Gasteiger charge is -2.09. The lowest BCUT2D eigenvalue weighted by molar-refractivity contribution is -0.142. The molecule has 0 saturated carbocycles. The van der Waals surface area contributed by atoms with E-state index in [4.69, 9.17) is 10.5 Å². The van der Waals surface area contributed by atoms with E-state index in [0.717, 1.165) is 5.69 Å². The maximum atomic E-state index is 11.1. The average molecular weight is 224 g/mol. The molecule has 0 fully saturated rings. The molecule has 0 spiro atoms. The number of nitrogens with zero attached hydrogens (tertiary/aromatic N) is 1. The molecule has 1 aromatic heterocycles. The first-order chi connectivity index (χ1) is 7.67. The highest BCUT2D eigenvalue weighted by Gasteiger charge is 2.14. The molecule has 1 atom stereocenters. The molecular weight excluding hydrogens is 208 g/mol. The zero-order valence-corrected chi connectivity index (χ0v) is 9.47. The van der Waals surface area contributed by atoms with Crippen LogP contribution in [-0.4, -0.2) is 30.7 Å². The third-order valence-corrected chi connectivity index (χ3v) is 2.04. The maximum absolute atomic E-state index is 11.1. The van der Waals surface area contributed by atoms with Crippen LogP contribution in [0.25, 0.3) is 0 Å². The zero-order chi connectivity index (χ0) is 12.0. The van der Waals surface area contributed by atoms with Gasteiger partial charge in [-0.15, -0.1) is 0 Å². The van der Waals surface area contributed by atoms with Crippen LogP contribution in [0.5, 0.6) is 5.75 Å². The second-order valence-corrected chi connectivity index (χ2v) is 3.25. The number of carbonyl (C=O) groups is 1. The number of hydrogen-bond donors (Lipinski definition) is 1. The molecule has 0 saturated heterocycles. The van der Waals surface area contributed by atoms with Gasteiger partial charge in [0, 0.05) is 12.1 Å². The normalized spacial score (nSPS) is 11.9. The largest absolute Gasteiger partial charge is 0.492 e. The molecule has 88 valence electrons. The molecule has 0 aliphatic carbocycles. The van der Waals surface area contributed by atoms with Crippen molar-refractivity contribution < 1.29 is 14.3 Å². The first-order valence-electron chi connectivity index (χ1n) is 5.08. The number of nitrogens with two attached hydrogens (primary N) is 1. The third kappa shape index (κ3) is 3.51. The van der Waals surface area contributed by atoms with Gasteiger partial charge in [-0.05, 0) is 19.1 Å². The Morgan fingerprint density at radius 1 is 1.56 bits per heavy atom. The Bertz CT molecular complexity index is 338. The van der Waals surface area contributed by atoms with E-state index in [0.29, 0.717) is 18.8 Å². The molecule has 0 radical (unpaired) electrons. The second kappa shape index (κ2) is 6.07. The highest BCUT2D eigenvalue weighted by atomic mass is 16.5. The third-order valence-electron chi connectivity index (χ3n) is 2.04. The number of aromatic nitrogens is 1. The van der Waals surface area contributed by atoms with E-state index in [-0.39, 0.29) is 0 Å². The predicted octanol–water partition coefficient (Wildman–Crippen LogP) is 0.523. The summed E-state index contributed by atoms with van der Waals surface area (Å²) in [6, 6.07) is 2.92. The molecule has 2 N–H and O–H groups in total. The van der Waals surface area contributed by atoms with Crippen LogP contribution in [0.3, 0.4) is 0 Å². The highest BCUT2D eigenvalue weighted by molar-refractivity contribution is 5.75. The molecule has 5 heteroatoms. The number of rotatable bonds is 5. The average Bonchev–Trinajstić information content (AvgIpc) is 2.31. The van der Waals surface area contributed by atoms with Gasteiger partial charge < -0.3 is 15.2 Å². The van der Waals surface area contributed by atoms with Gasteiger partial charge in [0.25, 0.3) is 0 Å². The Morgan fingerprint density at radius 2 is 2.31 bits per heavy atom. The summed E-state index contributed by atoms with van der Waals surface area (Å²) in [5, 5.41) is 0. The molecule has 0 bridgehead atoms. The fraction of sp³-hybridized carbons (Fsp3) is 0.455. The first kappa shape index (κ1) is 12.4. The number of ether oxygens (including phenoxy) is 2. The molecule has 5 nitrogen and oxygen atoms in total. The predicted molar refractivity (Wildman–Crippen MR) is 59.1 cm³/mol. The van der Waals surface area contributed by atoms with E-state index in [1.54, 1.807) is 18.3 Å². The highest BCUT2D eigenvalue weighted by Crippen LogP contribution is 2.10. The molecule has 0 unspecified atom stereocenters. The molecule has 0 aromatic carbocycles. The Hall–Kier alpha value is -1.62. The van der Waals surface area contributed by atoms with Crippen molar-refractivity contribution in [1.82, 2.24) is 4.98 Å². The van der Waals surface area contributed by atoms with Crippen molar-refractivity contribution in [1.29, 1.82) is 0 Å². The van der Waals surface area contributed by atoms with Gasteiger partial charge in [0.15, 0.2) is 0 Å². The summed E-state index contributed by atoms with van der Waals surface area (Å²) in [5.74, 6) is 0.272. The van der Waals surface area contributed by atoms with Gasteiger partial charge in [-0.25, -0.2) is 0 Å². The summed E-state index contributed by atoms with van der Waals surface area (Å²) < 4.78 is 9.78. The van der Waals surface area contributed by atoms with Crippen LogP contribution < -0.4 is 10.5 Å². The summed E-state index contributed by atoms with van der Waals surface area (Å²) in [4.78, 5) is 15.2. The smallest absolute Gasteiger partial charge is 0.323 e. The van der Waals surface area contributed by atoms with Crippen molar-refractivity contribution >= 4 is 5.97 Å². The standard InChI is InChI=1S/C11H16N2O3/c1-3-16-9-5-4-8(13-7-9)6-10(12)11(14)15-2/h4-5,7,10H,3,6,12H2,1-2H3/t10-/m1/s1. The van der Waals surface area contributed by atoms with Crippen LogP contribution >= 0.6 is 0 Å². The topological polar surface area (TPSA) is 74.4 Å². The van der Waals surface area contributed by atoms with E-state index in [1.807, 2.05) is 6.92 Å². The fourth-order valence-corrected chi connectivity index (χ4v) is 1.24. The quantitative estimate of drug-likeness (QED) is 0.738. The zero-order valence-electron chi connectivity index (χ0n) is 9.47. The summed E-state index contributed by atoms with van der Waals surface area (Å²) in [7, 11) is 1.31. The monoisotopic (exact) mass is 224 g/mol. The number of esters is 1. The van der Waals surface area contributed by atoms with Crippen LogP contribution in [0.15, 0.2) is 18.3 Å². The molecule has 0 aliphatic rings. The van der Waals surface area contributed by atoms with Gasteiger partial charge in [-0.1, -0.05) is 0 Å². The van der Waals surface area contributed by atoms with Crippen molar-refractivity contribution in [3.05, 3.63) is 24.0 Å². The number of methoxy groups -OCH3 is 1. The van der Waals surface area contributed by atoms with Crippen LogP contribution in [0.2, 0.25) is 0 Å². The Morgan fingerprint density at radius 3 is 2.81 bits per heavy atom. The van der Waals surface area contributed by atoms with Crippen molar-refractivity contribution in [2.24, 2.45) is 5.73 Å². The summed E-state index contributed by atoms with van der Waals surface area (Å²) in [6.07, 6.45) is 1.97. The Labute approximate surface area is 94.6 Å². The van der Waals surface area contributed by atoms with Gasteiger partial charge in [-0.2, -0.15) is 0 Å². The summed E-state index contributed by atoms with van der Waals surface area (Å²) in [5.41, 5.74) is 6.35. The molecule has 16 heavy (non-hydrogen) atoms. The maximum Gasteiger partial charge on any atom is 0.323 e. The lowest BCUT2D eigenvalue weighted by atomic mass is 10.1. The van der Waals surface area contributed by atoms with Crippen molar-refractivity contribution in [3.63, 3.8) is 0 Å². The molecule has 0 amide bonds. The molecule has 1 heterocycles. The van der Waals surface area contributed by atoms with Gasteiger partial charge >= 0.3 is 5.97 Å². The van der Waals surface area contributed by atoms with E-state index in [2.05, 4.69) is 9.72 Å². The first-order valence-corrected chi connectivity index (χ1v) is 5.08. The fourth-order valence-electron chi connectivity index (χ4n) is 1.24. The molecule has 1 rings (SSSR count). The van der Waals surface area contributed by atoms with Crippen LogP contribution in [0, 0.1) is 0 Å². The minimum Gasteiger partial charge on any atom is -0.492 e. The number of hydrogen-bond acceptors (Lipinski definition) is 5. The summed E-state index contributed by atoms with van der Waals surface area (Å²) in [6.45, 7) is 2.50. The van der Waals surface area contributed by atoms with Crippen molar-refractivity contribution in [3.8, 4) is 5.75 Å². The minimum atomic E-state index is -0.671. The SMILES string of the molecule is CCOc1ccc(C[C@@H](N)C(=O)OC)nc1. The van der Waals surface area contributed by atoms with Crippen molar-refractivity contribution in [2.45, 2.75) is 19.4 Å². The van der Waals surface area contributed by atoms with Gasteiger partial charge in [0.1, 0.15) is 11.8 Å². The van der Waals surface area contributed by atoms with E-state index < -0.39 is 12.0 Å². The van der Waals surface area contributed by atoms with Gasteiger partial charge in [-0.3, -0.25) is 9.78 Å². The van der Waals surface area contributed by atoms with Gasteiger partial charge in [0.2, 0.25) is 0 Å². The Balaban J connectivity index is 2.58. The van der Waals surface area contributed by atoms with Crippen LogP contribution in [0.4, 0.5) is 0 Å². The van der Waals surface area contributed by atoms with Crippen molar-refractivity contribution in [2.75, 3.05) is 13.7 Å². The molecular formula is C11H16N2O3. The Kier molecular flexibility index (Phi) is 4.72. The van der Waals surface area contributed by atoms with E-state index >= 15 is 0 Å². The van der Waals surface area contributed by atoms with Gasteiger partial charge in [0.05, 0.1) is 19.9 Å². The lowest BCUT2D eigenvalue weighted by Crippen LogP contribution is -2.33. The number of pyridine rings is 1. The summed E-state index contributed by atoms with van der Waals surface area (Å²) >= 11 is 0. The van der Waals surface area contributed by atoms with E-state index in [9.17, 15) is 4.79 Å². The van der Waals surface area contributed by atoms with Crippen LogP contribution in [0.1, 0.15) is 12.6 Å². The molecule has 1 aromatic rings.